The molecule has 2 N–H and O–H groups in total. The SMILES string of the molecule is O=C(NCCCOCC1CC1)C1CCNc2ccccc21. The highest BCUT2D eigenvalue weighted by Crippen LogP contribution is 2.31. The van der Waals surface area contributed by atoms with Gasteiger partial charge in [-0.2, -0.15) is 0 Å². The third-order valence-electron chi connectivity index (χ3n) is 4.22. The number of anilines is 1. The van der Waals surface area contributed by atoms with E-state index in [1.807, 2.05) is 24.3 Å². The fourth-order valence-corrected chi connectivity index (χ4v) is 2.78. The maximum atomic E-state index is 12.3. The Kier molecular flexibility index (Phi) is 4.76. The Balaban J connectivity index is 1.41. The van der Waals surface area contributed by atoms with E-state index in [2.05, 4.69) is 10.6 Å². The van der Waals surface area contributed by atoms with Gasteiger partial charge in [0.2, 0.25) is 5.91 Å². The molecule has 1 saturated carbocycles. The average Bonchev–Trinajstić information content (AvgIpc) is 3.34. The van der Waals surface area contributed by atoms with Gasteiger partial charge in [0.1, 0.15) is 0 Å². The molecule has 0 aromatic heterocycles. The summed E-state index contributed by atoms with van der Waals surface area (Å²) in [6.07, 6.45) is 4.41. The van der Waals surface area contributed by atoms with Gasteiger partial charge in [0, 0.05) is 32.0 Å². The predicted octanol–water partition coefficient (Wildman–Crippen LogP) is 2.52. The molecule has 1 fully saturated rings. The van der Waals surface area contributed by atoms with E-state index >= 15 is 0 Å². The van der Waals surface area contributed by atoms with E-state index in [-0.39, 0.29) is 11.8 Å². The zero-order valence-corrected chi connectivity index (χ0v) is 12.4. The Morgan fingerprint density at radius 2 is 2.14 bits per heavy atom. The van der Waals surface area contributed by atoms with Crippen LogP contribution in [0.1, 0.15) is 37.2 Å². The van der Waals surface area contributed by atoms with E-state index in [0.29, 0.717) is 6.54 Å². The van der Waals surface area contributed by atoms with E-state index < -0.39 is 0 Å². The van der Waals surface area contributed by atoms with E-state index in [4.69, 9.17) is 4.74 Å². The van der Waals surface area contributed by atoms with Crippen LogP contribution in [-0.4, -0.2) is 32.2 Å². The topological polar surface area (TPSA) is 50.4 Å². The lowest BCUT2D eigenvalue weighted by atomic mass is 9.90. The zero-order chi connectivity index (χ0) is 14.5. The minimum absolute atomic E-state index is 0.0187. The summed E-state index contributed by atoms with van der Waals surface area (Å²) < 4.78 is 5.58. The average molecular weight is 288 g/mol. The number of hydrogen-bond donors (Lipinski definition) is 2. The molecular weight excluding hydrogens is 264 g/mol. The Morgan fingerprint density at radius 1 is 1.29 bits per heavy atom. The molecular formula is C17H24N2O2. The van der Waals surface area contributed by atoms with E-state index in [1.165, 1.54) is 12.8 Å². The summed E-state index contributed by atoms with van der Waals surface area (Å²) in [6.45, 7) is 3.21. The molecule has 0 spiro atoms. The van der Waals surface area contributed by atoms with Crippen LogP contribution >= 0.6 is 0 Å². The lowest BCUT2D eigenvalue weighted by molar-refractivity contribution is -0.122. The summed E-state index contributed by atoms with van der Waals surface area (Å²) in [5, 5.41) is 6.40. The van der Waals surface area contributed by atoms with Crippen molar-refractivity contribution in [2.75, 3.05) is 31.6 Å². The van der Waals surface area contributed by atoms with Crippen LogP contribution in [0.4, 0.5) is 5.69 Å². The summed E-state index contributed by atoms with van der Waals surface area (Å²) in [7, 11) is 0. The number of fused-ring (bicyclic) bond motifs is 1. The number of ether oxygens (including phenoxy) is 1. The largest absolute Gasteiger partial charge is 0.385 e. The van der Waals surface area contributed by atoms with Crippen molar-refractivity contribution in [3.8, 4) is 0 Å². The minimum atomic E-state index is -0.0187. The quantitative estimate of drug-likeness (QED) is 0.758. The molecule has 0 saturated heterocycles. The highest BCUT2D eigenvalue weighted by atomic mass is 16.5. The smallest absolute Gasteiger partial charge is 0.227 e. The highest BCUT2D eigenvalue weighted by molar-refractivity contribution is 5.86. The number of nitrogens with one attached hydrogen (secondary N) is 2. The second-order valence-corrected chi connectivity index (χ2v) is 6.02. The van der Waals surface area contributed by atoms with Gasteiger partial charge in [-0.3, -0.25) is 4.79 Å². The molecule has 0 radical (unpaired) electrons. The predicted molar refractivity (Wildman–Crippen MR) is 83.5 cm³/mol. The molecule has 1 unspecified atom stereocenters. The normalized spacial score (nSPS) is 20.5. The number of benzene rings is 1. The molecule has 1 aliphatic heterocycles. The van der Waals surface area contributed by atoms with Crippen molar-refractivity contribution in [2.24, 2.45) is 5.92 Å². The first-order valence-electron chi connectivity index (χ1n) is 8.03. The number of carbonyl (C=O) groups is 1. The summed E-state index contributed by atoms with van der Waals surface area (Å²) in [4.78, 5) is 12.3. The molecule has 1 atom stereocenters. The van der Waals surface area contributed by atoms with Crippen LogP contribution in [0.3, 0.4) is 0 Å². The van der Waals surface area contributed by atoms with Crippen LogP contribution in [0.15, 0.2) is 24.3 Å². The molecule has 3 rings (SSSR count). The standard InChI is InChI=1S/C17H24N2O2/c20-17(19-9-3-11-21-12-13-6-7-13)15-8-10-18-16-5-2-1-4-14(15)16/h1-2,4-5,13,15,18H,3,6-12H2,(H,19,20). The van der Waals surface area contributed by atoms with Crippen LogP contribution in [-0.2, 0) is 9.53 Å². The molecule has 1 heterocycles. The van der Waals surface area contributed by atoms with Gasteiger partial charge in [-0.1, -0.05) is 18.2 Å². The molecule has 4 heteroatoms. The Morgan fingerprint density at radius 3 is 3.00 bits per heavy atom. The molecule has 2 aliphatic rings. The van der Waals surface area contributed by atoms with Crippen molar-refractivity contribution in [3.05, 3.63) is 29.8 Å². The number of para-hydroxylation sites is 1. The summed E-state index contributed by atoms with van der Waals surface area (Å²) >= 11 is 0. The van der Waals surface area contributed by atoms with Gasteiger partial charge >= 0.3 is 0 Å². The van der Waals surface area contributed by atoms with Gasteiger partial charge in [0.05, 0.1) is 5.92 Å². The second kappa shape index (κ2) is 6.94. The van der Waals surface area contributed by atoms with Gasteiger partial charge in [-0.15, -0.1) is 0 Å². The molecule has 1 amide bonds. The third kappa shape index (κ3) is 3.97. The van der Waals surface area contributed by atoms with Crippen molar-refractivity contribution in [2.45, 2.75) is 31.6 Å². The van der Waals surface area contributed by atoms with Gasteiger partial charge in [0.15, 0.2) is 0 Å². The Bertz CT molecular complexity index is 485. The lowest BCUT2D eigenvalue weighted by Crippen LogP contribution is -2.33. The molecule has 0 bridgehead atoms. The van der Waals surface area contributed by atoms with Crippen molar-refractivity contribution in [1.29, 1.82) is 0 Å². The number of rotatable bonds is 7. The minimum Gasteiger partial charge on any atom is -0.385 e. The molecule has 1 aliphatic carbocycles. The highest BCUT2D eigenvalue weighted by Gasteiger charge is 2.25. The molecule has 114 valence electrons. The van der Waals surface area contributed by atoms with E-state index in [1.54, 1.807) is 0 Å². The maximum absolute atomic E-state index is 12.3. The summed E-state index contributed by atoms with van der Waals surface area (Å²) in [6, 6.07) is 8.09. The Labute approximate surface area is 126 Å². The first-order valence-corrected chi connectivity index (χ1v) is 8.03. The van der Waals surface area contributed by atoms with Gasteiger partial charge in [0.25, 0.3) is 0 Å². The van der Waals surface area contributed by atoms with Crippen LogP contribution < -0.4 is 10.6 Å². The van der Waals surface area contributed by atoms with Crippen molar-refractivity contribution < 1.29 is 9.53 Å². The zero-order valence-electron chi connectivity index (χ0n) is 12.4. The molecule has 1 aromatic carbocycles. The fraction of sp³-hybridized carbons (Fsp3) is 0.588. The molecule has 4 nitrogen and oxygen atoms in total. The third-order valence-corrected chi connectivity index (χ3v) is 4.22. The van der Waals surface area contributed by atoms with Crippen LogP contribution in [0.2, 0.25) is 0 Å². The summed E-state index contributed by atoms with van der Waals surface area (Å²) in [5.74, 6) is 0.937. The van der Waals surface area contributed by atoms with Crippen LogP contribution in [0, 0.1) is 5.92 Å². The molecule has 1 aromatic rings. The van der Waals surface area contributed by atoms with Crippen LogP contribution in [0.25, 0.3) is 0 Å². The maximum Gasteiger partial charge on any atom is 0.227 e. The number of hydrogen-bond acceptors (Lipinski definition) is 3. The van der Waals surface area contributed by atoms with E-state index in [0.717, 1.165) is 49.8 Å². The summed E-state index contributed by atoms with van der Waals surface area (Å²) in [5.41, 5.74) is 2.21. The van der Waals surface area contributed by atoms with Gasteiger partial charge < -0.3 is 15.4 Å². The van der Waals surface area contributed by atoms with Crippen molar-refractivity contribution in [1.82, 2.24) is 5.32 Å². The number of carbonyl (C=O) groups excluding carboxylic acids is 1. The fourth-order valence-electron chi connectivity index (χ4n) is 2.78. The van der Waals surface area contributed by atoms with Crippen LogP contribution in [0.5, 0.6) is 0 Å². The first kappa shape index (κ1) is 14.4. The van der Waals surface area contributed by atoms with Gasteiger partial charge in [-0.05, 0) is 43.2 Å². The monoisotopic (exact) mass is 288 g/mol. The van der Waals surface area contributed by atoms with Crippen molar-refractivity contribution in [3.63, 3.8) is 0 Å². The Hall–Kier alpha value is -1.55. The van der Waals surface area contributed by atoms with Gasteiger partial charge in [-0.25, -0.2) is 0 Å². The van der Waals surface area contributed by atoms with Crippen molar-refractivity contribution >= 4 is 11.6 Å². The molecule has 21 heavy (non-hydrogen) atoms. The second-order valence-electron chi connectivity index (χ2n) is 6.02. The lowest BCUT2D eigenvalue weighted by Gasteiger charge is -2.25. The first-order chi connectivity index (χ1) is 10.3. The number of amides is 1. The van der Waals surface area contributed by atoms with E-state index in [9.17, 15) is 4.79 Å².